The van der Waals surface area contributed by atoms with Crippen molar-refractivity contribution in [2.75, 3.05) is 13.3 Å². The molecule has 0 spiro atoms. The number of allylic oxidation sites excluding steroid dienone is 1. The number of ether oxygens (including phenoxy) is 2. The molecule has 0 amide bonds. The Morgan fingerprint density at radius 3 is 2.83 bits per heavy atom. The number of hydrogen-bond donors (Lipinski definition) is 0. The van der Waals surface area contributed by atoms with Gasteiger partial charge in [-0.3, -0.25) is 9.69 Å². The Morgan fingerprint density at radius 1 is 1.23 bits per heavy atom. The number of hydrogen-bond acceptors (Lipinski definition) is 5. The van der Waals surface area contributed by atoms with Crippen molar-refractivity contribution in [1.82, 2.24) is 4.90 Å². The molecule has 1 aromatic heterocycles. The van der Waals surface area contributed by atoms with Crippen LogP contribution in [0.2, 0.25) is 0 Å². The molecule has 3 aromatic rings. The molecule has 4 nitrogen and oxygen atoms in total. The number of ketones is 1. The minimum atomic E-state index is -0.0658. The topological polar surface area (TPSA) is 38.8 Å². The maximum absolute atomic E-state index is 13.1. The van der Waals surface area contributed by atoms with Gasteiger partial charge in [-0.2, -0.15) is 0 Å². The summed E-state index contributed by atoms with van der Waals surface area (Å²) in [5.74, 6) is 1.76. The van der Waals surface area contributed by atoms with Crippen LogP contribution in [0.1, 0.15) is 31.9 Å². The van der Waals surface area contributed by atoms with Crippen molar-refractivity contribution in [2.45, 2.75) is 19.9 Å². The van der Waals surface area contributed by atoms with Gasteiger partial charge in [0.15, 0.2) is 5.76 Å². The summed E-state index contributed by atoms with van der Waals surface area (Å²) in [7, 11) is 0. The first-order valence-electron chi connectivity index (χ1n) is 9.82. The highest BCUT2D eigenvalue weighted by Gasteiger charge is 2.35. The summed E-state index contributed by atoms with van der Waals surface area (Å²) in [4.78, 5) is 16.7. The number of Topliss-reactive ketones (excluding diaryl/α,β-unsaturated/α-hetero) is 1. The van der Waals surface area contributed by atoms with E-state index < -0.39 is 0 Å². The zero-order valence-corrected chi connectivity index (χ0v) is 18.9. The van der Waals surface area contributed by atoms with E-state index in [1.54, 1.807) is 17.4 Å². The molecule has 152 valence electrons. The maximum atomic E-state index is 13.1. The molecule has 0 N–H and O–H groups in total. The van der Waals surface area contributed by atoms with Crippen LogP contribution in [0.15, 0.2) is 58.1 Å². The number of nitrogens with zero attached hydrogens (tertiary/aromatic N) is 1. The molecular formula is C24H20BrNO3S. The number of benzene rings is 2. The van der Waals surface area contributed by atoms with Crippen LogP contribution in [0, 0.1) is 6.92 Å². The largest absolute Gasteiger partial charge is 0.478 e. The maximum Gasteiger partial charge on any atom is 0.232 e. The van der Waals surface area contributed by atoms with Crippen LogP contribution in [0.25, 0.3) is 6.08 Å². The molecule has 6 heteroatoms. The van der Waals surface area contributed by atoms with Crippen LogP contribution >= 0.6 is 27.3 Å². The van der Waals surface area contributed by atoms with Crippen LogP contribution in [0.3, 0.4) is 0 Å². The Balaban J connectivity index is 1.42. The molecule has 0 saturated carbocycles. The van der Waals surface area contributed by atoms with Crippen molar-refractivity contribution in [1.29, 1.82) is 0 Å². The third kappa shape index (κ3) is 3.71. The zero-order chi connectivity index (χ0) is 20.7. The fraction of sp³-hybridized carbons (Fsp3) is 0.208. The van der Waals surface area contributed by atoms with E-state index in [2.05, 4.69) is 38.3 Å². The molecule has 2 aliphatic rings. The summed E-state index contributed by atoms with van der Waals surface area (Å²) < 4.78 is 13.2. The quantitative estimate of drug-likeness (QED) is 0.439. The molecule has 2 aromatic carbocycles. The van der Waals surface area contributed by atoms with E-state index in [4.69, 9.17) is 9.47 Å². The first-order chi connectivity index (χ1) is 14.6. The Labute approximate surface area is 187 Å². The highest BCUT2D eigenvalue weighted by atomic mass is 79.9. The summed E-state index contributed by atoms with van der Waals surface area (Å²) in [6.07, 6.45) is 2.79. The Kier molecular flexibility index (Phi) is 5.23. The van der Waals surface area contributed by atoms with Gasteiger partial charge in [-0.1, -0.05) is 34.1 Å². The predicted octanol–water partition coefficient (Wildman–Crippen LogP) is 5.83. The average Bonchev–Trinajstić information content (AvgIpc) is 3.37. The van der Waals surface area contributed by atoms with E-state index in [1.165, 1.54) is 4.88 Å². The number of rotatable bonds is 4. The van der Waals surface area contributed by atoms with Gasteiger partial charge in [0.1, 0.15) is 18.2 Å². The van der Waals surface area contributed by atoms with Gasteiger partial charge >= 0.3 is 0 Å². The van der Waals surface area contributed by atoms with Crippen LogP contribution in [0.4, 0.5) is 0 Å². The molecule has 0 radical (unpaired) electrons. The fourth-order valence-electron chi connectivity index (χ4n) is 3.85. The fourth-order valence-corrected chi connectivity index (χ4v) is 4.82. The lowest BCUT2D eigenvalue weighted by atomic mass is 9.98. The molecule has 3 heterocycles. The Hall–Kier alpha value is -2.41. The molecule has 0 aliphatic carbocycles. The van der Waals surface area contributed by atoms with Crippen molar-refractivity contribution < 1.29 is 14.3 Å². The second-order valence-corrected chi connectivity index (χ2v) is 9.47. The minimum absolute atomic E-state index is 0.0658. The number of fused-ring (bicyclic) bond motifs is 3. The Bertz CT molecular complexity index is 1140. The van der Waals surface area contributed by atoms with Gasteiger partial charge in [-0.25, -0.2) is 0 Å². The SMILES string of the molecule is Cc1cc2c(c3c1C(=O)/C(=C/c1ccc(Br)cc1)O3)CN(CCc1cccs1)CO2. The number of aryl methyl sites for hydroxylation is 1. The first-order valence-corrected chi connectivity index (χ1v) is 11.5. The van der Waals surface area contributed by atoms with E-state index in [0.717, 1.165) is 39.9 Å². The van der Waals surface area contributed by atoms with Crippen LogP contribution in [-0.4, -0.2) is 24.0 Å². The van der Waals surface area contributed by atoms with Gasteiger partial charge in [0.05, 0.1) is 11.1 Å². The molecule has 0 bridgehead atoms. The highest BCUT2D eigenvalue weighted by molar-refractivity contribution is 9.10. The highest BCUT2D eigenvalue weighted by Crippen LogP contribution is 2.44. The summed E-state index contributed by atoms with van der Waals surface area (Å²) in [6.45, 7) is 4.10. The average molecular weight is 482 g/mol. The van der Waals surface area contributed by atoms with Crippen molar-refractivity contribution in [3.8, 4) is 11.5 Å². The van der Waals surface area contributed by atoms with Crippen molar-refractivity contribution in [3.63, 3.8) is 0 Å². The molecular weight excluding hydrogens is 462 g/mol. The van der Waals surface area contributed by atoms with Gasteiger partial charge in [0.2, 0.25) is 5.78 Å². The normalized spacial score (nSPS) is 16.9. The van der Waals surface area contributed by atoms with Crippen molar-refractivity contribution in [3.05, 3.63) is 85.2 Å². The molecule has 0 fully saturated rings. The molecule has 0 saturated heterocycles. The van der Waals surface area contributed by atoms with Gasteiger partial charge in [-0.15, -0.1) is 11.3 Å². The van der Waals surface area contributed by atoms with Crippen molar-refractivity contribution >= 4 is 39.1 Å². The predicted molar refractivity (Wildman–Crippen MR) is 122 cm³/mol. The number of halogens is 1. The summed E-state index contributed by atoms with van der Waals surface area (Å²) in [5.41, 5.74) is 3.43. The molecule has 0 atom stereocenters. The molecule has 2 aliphatic heterocycles. The first kappa shape index (κ1) is 19.5. The molecule has 5 rings (SSSR count). The zero-order valence-electron chi connectivity index (χ0n) is 16.5. The second kappa shape index (κ2) is 8.02. The lowest BCUT2D eigenvalue weighted by molar-refractivity contribution is 0.0951. The monoisotopic (exact) mass is 481 g/mol. The van der Waals surface area contributed by atoms with Crippen LogP contribution in [-0.2, 0) is 13.0 Å². The third-order valence-electron chi connectivity index (χ3n) is 5.41. The number of carbonyl (C=O) groups is 1. The lowest BCUT2D eigenvalue weighted by Crippen LogP contribution is -2.33. The van der Waals surface area contributed by atoms with Crippen molar-refractivity contribution in [2.24, 2.45) is 0 Å². The lowest BCUT2D eigenvalue weighted by Gasteiger charge is -2.30. The van der Waals surface area contributed by atoms with E-state index in [9.17, 15) is 4.79 Å². The number of thiophene rings is 1. The summed E-state index contributed by atoms with van der Waals surface area (Å²) in [6, 6.07) is 14.0. The van der Waals surface area contributed by atoms with Gasteiger partial charge in [-0.05, 0) is 60.2 Å². The standard InChI is InChI=1S/C24H20BrNO3S/c1-15-11-20-19(13-26(14-28-20)9-8-18-3-2-10-30-18)24-22(15)23(27)21(29-24)12-16-4-6-17(25)7-5-16/h2-7,10-12H,8-9,13-14H2,1H3/b21-12-. The van der Waals surface area contributed by atoms with Gasteiger partial charge < -0.3 is 9.47 Å². The van der Waals surface area contributed by atoms with E-state index in [0.29, 0.717) is 30.3 Å². The summed E-state index contributed by atoms with van der Waals surface area (Å²) >= 11 is 5.21. The second-order valence-electron chi connectivity index (χ2n) is 7.52. The van der Waals surface area contributed by atoms with Gasteiger partial charge in [0, 0.05) is 22.4 Å². The van der Waals surface area contributed by atoms with E-state index >= 15 is 0 Å². The number of carbonyl (C=O) groups excluding carboxylic acids is 1. The van der Waals surface area contributed by atoms with Gasteiger partial charge in [0.25, 0.3) is 0 Å². The van der Waals surface area contributed by atoms with E-state index in [-0.39, 0.29) is 5.78 Å². The molecule has 0 unspecified atom stereocenters. The summed E-state index contributed by atoms with van der Waals surface area (Å²) in [5, 5.41) is 2.10. The minimum Gasteiger partial charge on any atom is -0.478 e. The molecule has 30 heavy (non-hydrogen) atoms. The van der Waals surface area contributed by atoms with Crippen LogP contribution in [0.5, 0.6) is 11.5 Å². The Morgan fingerprint density at radius 2 is 2.07 bits per heavy atom. The van der Waals surface area contributed by atoms with Crippen LogP contribution < -0.4 is 9.47 Å². The van der Waals surface area contributed by atoms with E-state index in [1.807, 2.05) is 37.3 Å². The smallest absolute Gasteiger partial charge is 0.232 e. The third-order valence-corrected chi connectivity index (χ3v) is 6.87.